The summed E-state index contributed by atoms with van der Waals surface area (Å²) in [6, 6.07) is -0.497. The SMILES string of the molecule is CC[C@H]1OC(=O)[C@H](C)[C@@H](O)[C@H](C)[C@@H](O[C@@H]2O[C@H](C)C=C[C@H]2O)C(C)(O)C[C@@H](C)CN(C)[C@H](C)[C@@H](O)[C@]1(C)O. The fourth-order valence-electron chi connectivity index (χ4n) is 5.89. The fraction of sp³-hybridized carbons (Fsp3) is 0.893. The lowest BCUT2D eigenvalue weighted by molar-refractivity contribution is -0.268. The lowest BCUT2D eigenvalue weighted by atomic mass is 9.78. The Morgan fingerprint density at radius 2 is 1.68 bits per heavy atom. The number of esters is 1. The number of ether oxygens (including phenoxy) is 3. The minimum absolute atomic E-state index is 0.0940. The van der Waals surface area contributed by atoms with Crippen molar-refractivity contribution in [2.75, 3.05) is 13.6 Å². The molecule has 10 nitrogen and oxygen atoms in total. The molecule has 0 bridgehead atoms. The van der Waals surface area contributed by atoms with Crippen LogP contribution in [0.25, 0.3) is 0 Å². The Hall–Kier alpha value is -1.11. The maximum absolute atomic E-state index is 13.2. The summed E-state index contributed by atoms with van der Waals surface area (Å²) in [6.45, 7) is 14.0. The van der Waals surface area contributed by atoms with Crippen LogP contribution in [0.3, 0.4) is 0 Å². The van der Waals surface area contributed by atoms with E-state index < -0.39 is 71.9 Å². The Kier molecular flexibility index (Phi) is 11.4. The van der Waals surface area contributed by atoms with E-state index in [1.807, 2.05) is 18.9 Å². The molecule has 0 aromatic rings. The fourth-order valence-corrected chi connectivity index (χ4v) is 5.89. The van der Waals surface area contributed by atoms with Crippen LogP contribution in [0.2, 0.25) is 0 Å². The van der Waals surface area contributed by atoms with Crippen LogP contribution >= 0.6 is 0 Å². The van der Waals surface area contributed by atoms with Gasteiger partial charge in [0.15, 0.2) is 6.29 Å². The average molecular weight is 546 g/mol. The van der Waals surface area contributed by atoms with E-state index in [2.05, 4.69) is 0 Å². The largest absolute Gasteiger partial charge is 0.459 e. The first-order chi connectivity index (χ1) is 17.4. The van der Waals surface area contributed by atoms with E-state index in [0.717, 1.165) is 0 Å². The maximum Gasteiger partial charge on any atom is 0.311 e. The van der Waals surface area contributed by atoms with Gasteiger partial charge in [-0.1, -0.05) is 32.9 Å². The predicted molar refractivity (Wildman–Crippen MR) is 142 cm³/mol. The molecule has 0 aromatic carbocycles. The summed E-state index contributed by atoms with van der Waals surface area (Å²) in [5.74, 6) is -2.64. The molecule has 0 radical (unpaired) electrons. The molecule has 2 rings (SSSR count). The van der Waals surface area contributed by atoms with Crippen molar-refractivity contribution in [2.45, 2.75) is 128 Å². The monoisotopic (exact) mass is 545 g/mol. The quantitative estimate of drug-likeness (QED) is 0.259. The number of likely N-dealkylation sites (N-methyl/N-ethyl adjacent to an activating group) is 1. The number of nitrogens with zero attached hydrogens (tertiary/aromatic N) is 1. The molecule has 1 fully saturated rings. The van der Waals surface area contributed by atoms with Crippen LogP contribution in [0.4, 0.5) is 0 Å². The van der Waals surface area contributed by atoms with Gasteiger partial charge >= 0.3 is 5.97 Å². The van der Waals surface area contributed by atoms with Crippen LogP contribution < -0.4 is 0 Å². The normalized spacial score (nSPS) is 48.7. The lowest BCUT2D eigenvalue weighted by Gasteiger charge is -2.43. The average Bonchev–Trinajstić information content (AvgIpc) is 2.83. The molecule has 2 heterocycles. The Morgan fingerprint density at radius 3 is 2.26 bits per heavy atom. The van der Waals surface area contributed by atoms with Crippen LogP contribution in [0.1, 0.15) is 68.2 Å². The summed E-state index contributed by atoms with van der Waals surface area (Å²) in [5, 5.41) is 55.9. The van der Waals surface area contributed by atoms with Crippen LogP contribution in [-0.4, -0.2) is 110 Å². The zero-order chi connectivity index (χ0) is 29.2. The van der Waals surface area contributed by atoms with Gasteiger partial charge in [-0.25, -0.2) is 0 Å². The molecule has 13 atom stereocenters. The van der Waals surface area contributed by atoms with Crippen molar-refractivity contribution in [1.82, 2.24) is 4.90 Å². The Bertz CT molecular complexity index is 803. The van der Waals surface area contributed by atoms with Crippen molar-refractivity contribution in [3.8, 4) is 0 Å². The molecule has 0 aromatic heterocycles. The number of carbonyl (C=O) groups excluding carboxylic acids is 1. The zero-order valence-electron chi connectivity index (χ0n) is 24.4. The van der Waals surface area contributed by atoms with Gasteiger partial charge in [-0.15, -0.1) is 0 Å². The highest BCUT2D eigenvalue weighted by Gasteiger charge is 2.48. The van der Waals surface area contributed by atoms with Gasteiger partial charge in [0.25, 0.3) is 0 Å². The van der Waals surface area contributed by atoms with E-state index >= 15 is 0 Å². The van der Waals surface area contributed by atoms with E-state index in [0.29, 0.717) is 6.54 Å². The molecule has 2 aliphatic heterocycles. The van der Waals surface area contributed by atoms with Gasteiger partial charge < -0.3 is 44.6 Å². The van der Waals surface area contributed by atoms with Crippen molar-refractivity contribution in [3.63, 3.8) is 0 Å². The smallest absolute Gasteiger partial charge is 0.311 e. The minimum atomic E-state index is -1.74. The molecular formula is C28H51NO9. The predicted octanol–water partition coefficient (Wildman–Crippen LogP) is 1.21. The molecule has 222 valence electrons. The maximum atomic E-state index is 13.2. The number of carbonyl (C=O) groups is 1. The van der Waals surface area contributed by atoms with Crippen molar-refractivity contribution in [1.29, 1.82) is 0 Å². The van der Waals surface area contributed by atoms with Gasteiger partial charge in [-0.05, 0) is 60.4 Å². The zero-order valence-corrected chi connectivity index (χ0v) is 24.4. The summed E-state index contributed by atoms with van der Waals surface area (Å²) in [6.07, 6.45) is -3.22. The molecule has 38 heavy (non-hydrogen) atoms. The van der Waals surface area contributed by atoms with Crippen LogP contribution in [0.5, 0.6) is 0 Å². The van der Waals surface area contributed by atoms with Crippen LogP contribution in [-0.2, 0) is 19.0 Å². The molecule has 1 saturated heterocycles. The standard InChI is InChI=1S/C28H51NO9/c1-10-21-28(8,35)23(32)19(6)29(9)14-15(2)13-27(7,34)24(17(4)22(31)18(5)25(33)37-21)38-26-20(30)12-11-16(3)36-26/h11-12,15-24,26,30-32,34-35H,10,13-14H2,1-9H3/t15-,16-,17+,18-,19-,20-,21-,22+,23-,24-,26+,27?,28-/m1/s1. The van der Waals surface area contributed by atoms with Crippen LogP contribution in [0, 0.1) is 17.8 Å². The summed E-state index contributed by atoms with van der Waals surface area (Å²) >= 11 is 0. The molecule has 10 heteroatoms. The first kappa shape index (κ1) is 33.1. The second-order valence-corrected chi connectivity index (χ2v) is 12.1. The molecule has 2 aliphatic rings. The van der Waals surface area contributed by atoms with Gasteiger partial charge in [0, 0.05) is 18.5 Å². The van der Waals surface area contributed by atoms with E-state index in [9.17, 15) is 30.3 Å². The van der Waals surface area contributed by atoms with Crippen molar-refractivity contribution in [3.05, 3.63) is 12.2 Å². The third-order valence-electron chi connectivity index (χ3n) is 8.39. The first-order valence-electron chi connectivity index (χ1n) is 13.8. The Balaban J connectivity index is 2.50. The van der Waals surface area contributed by atoms with E-state index in [4.69, 9.17) is 14.2 Å². The summed E-state index contributed by atoms with van der Waals surface area (Å²) < 4.78 is 17.6. The van der Waals surface area contributed by atoms with E-state index in [-0.39, 0.29) is 24.9 Å². The van der Waals surface area contributed by atoms with Crippen LogP contribution in [0.15, 0.2) is 12.2 Å². The van der Waals surface area contributed by atoms with Gasteiger partial charge in [0.1, 0.15) is 23.9 Å². The van der Waals surface area contributed by atoms with E-state index in [1.165, 1.54) is 13.8 Å². The number of hydrogen-bond acceptors (Lipinski definition) is 10. The van der Waals surface area contributed by atoms with Gasteiger partial charge in [-0.3, -0.25) is 4.79 Å². The summed E-state index contributed by atoms with van der Waals surface area (Å²) in [5.41, 5.74) is -3.23. The van der Waals surface area contributed by atoms with Crippen molar-refractivity contribution in [2.24, 2.45) is 17.8 Å². The molecule has 0 amide bonds. The van der Waals surface area contributed by atoms with Gasteiger partial charge in [-0.2, -0.15) is 0 Å². The topological polar surface area (TPSA) is 149 Å². The van der Waals surface area contributed by atoms with Crippen molar-refractivity contribution >= 4 is 5.97 Å². The molecule has 5 N–H and O–H groups in total. The Labute approximate surface area is 227 Å². The number of cyclic esters (lactones) is 1. The second kappa shape index (κ2) is 13.0. The highest BCUT2D eigenvalue weighted by atomic mass is 16.7. The molecule has 0 saturated carbocycles. The Morgan fingerprint density at radius 1 is 1.08 bits per heavy atom. The number of aliphatic hydroxyl groups is 5. The molecule has 0 aliphatic carbocycles. The first-order valence-corrected chi connectivity index (χ1v) is 13.8. The lowest BCUT2D eigenvalue weighted by Crippen LogP contribution is -2.59. The van der Waals surface area contributed by atoms with Crippen molar-refractivity contribution < 1.29 is 44.5 Å². The summed E-state index contributed by atoms with van der Waals surface area (Å²) in [7, 11) is 1.82. The van der Waals surface area contributed by atoms with Gasteiger partial charge in [0.2, 0.25) is 0 Å². The third kappa shape index (κ3) is 7.54. The third-order valence-corrected chi connectivity index (χ3v) is 8.39. The second-order valence-electron chi connectivity index (χ2n) is 12.1. The van der Waals surface area contributed by atoms with Gasteiger partial charge in [0.05, 0.1) is 29.8 Å². The number of hydrogen-bond donors (Lipinski definition) is 5. The highest BCUT2D eigenvalue weighted by Crippen LogP contribution is 2.35. The van der Waals surface area contributed by atoms with E-state index in [1.54, 1.807) is 46.8 Å². The molecule has 1 unspecified atom stereocenters. The molecular weight excluding hydrogens is 494 g/mol. The molecule has 0 spiro atoms. The number of aliphatic hydroxyl groups excluding tert-OH is 3. The number of rotatable bonds is 3. The minimum Gasteiger partial charge on any atom is -0.459 e. The highest BCUT2D eigenvalue weighted by molar-refractivity contribution is 5.73. The summed E-state index contributed by atoms with van der Waals surface area (Å²) in [4.78, 5) is 15.1.